The Morgan fingerprint density at radius 3 is 0.707 bits per heavy atom. The fourth-order valence-corrected chi connectivity index (χ4v) is 12.0. The third kappa shape index (κ3) is 7.49. The second kappa shape index (κ2) is 18.4. The van der Waals surface area contributed by atoms with Crippen LogP contribution in [0.2, 0.25) is 0 Å². The van der Waals surface area contributed by atoms with Crippen LogP contribution >= 0.6 is 0 Å². The number of hydrogen-bond donors (Lipinski definition) is 0. The topological polar surface area (TPSA) is 6.48 Å². The van der Waals surface area contributed by atoms with Crippen LogP contribution in [0.4, 0.5) is 34.1 Å². The Morgan fingerprint density at radius 1 is 0.173 bits per heavy atom. The van der Waals surface area contributed by atoms with E-state index in [-0.39, 0.29) is 0 Å². The molecule has 0 aliphatic heterocycles. The van der Waals surface area contributed by atoms with Crippen molar-refractivity contribution in [2.45, 2.75) is 5.41 Å². The zero-order valence-corrected chi connectivity index (χ0v) is 41.3. The van der Waals surface area contributed by atoms with Gasteiger partial charge in [0.15, 0.2) is 0 Å². The van der Waals surface area contributed by atoms with Gasteiger partial charge < -0.3 is 9.80 Å². The Balaban J connectivity index is 0.843. The first-order valence-corrected chi connectivity index (χ1v) is 25.9. The zero-order valence-electron chi connectivity index (χ0n) is 41.3. The molecule has 12 aromatic carbocycles. The van der Waals surface area contributed by atoms with E-state index in [2.05, 4.69) is 313 Å². The first-order valence-electron chi connectivity index (χ1n) is 25.9. The van der Waals surface area contributed by atoms with Gasteiger partial charge in [-0.15, -0.1) is 0 Å². The van der Waals surface area contributed by atoms with Crippen LogP contribution in [0, 0.1) is 0 Å². The maximum atomic E-state index is 2.47. The highest BCUT2D eigenvalue weighted by atomic mass is 15.1. The van der Waals surface area contributed by atoms with Crippen molar-refractivity contribution in [3.63, 3.8) is 0 Å². The molecule has 0 heterocycles. The van der Waals surface area contributed by atoms with Crippen LogP contribution in [0.15, 0.2) is 303 Å². The van der Waals surface area contributed by atoms with Crippen molar-refractivity contribution in [3.05, 3.63) is 326 Å². The van der Waals surface area contributed by atoms with Gasteiger partial charge in [-0.05, 0) is 162 Å². The Morgan fingerprint density at radius 2 is 0.400 bits per heavy atom. The summed E-state index contributed by atoms with van der Waals surface area (Å²) < 4.78 is 0. The van der Waals surface area contributed by atoms with Gasteiger partial charge in [-0.2, -0.15) is 0 Å². The molecule has 0 bridgehead atoms. The van der Waals surface area contributed by atoms with Gasteiger partial charge in [0.05, 0.1) is 5.41 Å². The van der Waals surface area contributed by atoms with Gasteiger partial charge in [0.25, 0.3) is 0 Å². The molecule has 14 rings (SSSR count). The minimum atomic E-state index is -0.444. The van der Waals surface area contributed by atoms with Crippen molar-refractivity contribution in [1.82, 2.24) is 0 Å². The molecule has 2 heteroatoms. The molecule has 12 aromatic rings. The molecule has 0 saturated carbocycles. The number of rotatable bonds is 10. The first kappa shape index (κ1) is 44.0. The molecule has 0 N–H and O–H groups in total. The van der Waals surface area contributed by atoms with Crippen LogP contribution in [0.5, 0.6) is 0 Å². The fourth-order valence-electron chi connectivity index (χ4n) is 12.0. The quantitative estimate of drug-likeness (QED) is 0.135. The van der Waals surface area contributed by atoms with Crippen LogP contribution in [0.1, 0.15) is 22.3 Å². The smallest absolute Gasteiger partial charge is 0.0726 e. The molecule has 2 aliphatic rings. The van der Waals surface area contributed by atoms with Gasteiger partial charge in [-0.1, -0.05) is 231 Å². The number of anilines is 6. The van der Waals surface area contributed by atoms with Crippen LogP contribution < -0.4 is 9.80 Å². The molecule has 0 saturated heterocycles. The van der Waals surface area contributed by atoms with Gasteiger partial charge in [0.2, 0.25) is 0 Å². The molecule has 352 valence electrons. The van der Waals surface area contributed by atoms with Gasteiger partial charge in [-0.3, -0.25) is 0 Å². The highest BCUT2D eigenvalue weighted by Gasteiger charge is 2.51. The van der Waals surface area contributed by atoms with Crippen LogP contribution in [-0.4, -0.2) is 0 Å². The third-order valence-electron chi connectivity index (χ3n) is 15.5. The predicted octanol–water partition coefficient (Wildman–Crippen LogP) is 19.6. The zero-order chi connectivity index (χ0) is 49.7. The minimum Gasteiger partial charge on any atom is -0.311 e. The lowest BCUT2D eigenvalue weighted by Gasteiger charge is -2.32. The highest BCUT2D eigenvalue weighted by molar-refractivity contribution is 5.96. The largest absolute Gasteiger partial charge is 0.311 e. The average Bonchev–Trinajstić information content (AvgIpc) is 4.13. The molecule has 0 amide bonds. The normalized spacial score (nSPS) is 12.4. The Kier molecular flexibility index (Phi) is 10.8. The molecule has 0 aromatic heterocycles. The van der Waals surface area contributed by atoms with Crippen molar-refractivity contribution in [3.8, 4) is 66.8 Å². The van der Waals surface area contributed by atoms with Crippen molar-refractivity contribution in [2.75, 3.05) is 9.80 Å². The molecule has 0 radical (unpaired) electrons. The van der Waals surface area contributed by atoms with E-state index >= 15 is 0 Å². The number of nitrogens with zero attached hydrogens (tertiary/aromatic N) is 2. The van der Waals surface area contributed by atoms with E-state index < -0.39 is 5.41 Å². The van der Waals surface area contributed by atoms with Crippen molar-refractivity contribution < 1.29 is 0 Å². The Bertz CT molecular complexity index is 3850. The van der Waals surface area contributed by atoms with E-state index in [4.69, 9.17) is 0 Å². The molecule has 1 spiro atoms. The van der Waals surface area contributed by atoms with Crippen LogP contribution in [-0.2, 0) is 5.41 Å². The summed E-state index contributed by atoms with van der Waals surface area (Å²) in [5, 5.41) is 0. The van der Waals surface area contributed by atoms with Crippen LogP contribution in [0.3, 0.4) is 0 Å². The van der Waals surface area contributed by atoms with E-state index in [1.165, 1.54) is 77.9 Å². The fraction of sp³-hybridized carbons (Fsp3) is 0.0137. The Hall–Kier alpha value is -9.76. The van der Waals surface area contributed by atoms with Gasteiger partial charge >= 0.3 is 0 Å². The summed E-state index contributed by atoms with van der Waals surface area (Å²) in [6.45, 7) is 0. The lowest BCUT2D eigenvalue weighted by atomic mass is 9.70. The first-order chi connectivity index (χ1) is 37.2. The summed E-state index contributed by atoms with van der Waals surface area (Å²) in [7, 11) is 0. The predicted molar refractivity (Wildman–Crippen MR) is 314 cm³/mol. The van der Waals surface area contributed by atoms with Crippen molar-refractivity contribution >= 4 is 34.1 Å². The summed E-state index contributed by atoms with van der Waals surface area (Å²) in [4.78, 5) is 4.77. The van der Waals surface area contributed by atoms with E-state index in [1.807, 2.05) is 0 Å². The van der Waals surface area contributed by atoms with E-state index in [0.717, 1.165) is 45.3 Å². The molecule has 0 fully saturated rings. The van der Waals surface area contributed by atoms with Gasteiger partial charge in [0.1, 0.15) is 0 Å². The summed E-state index contributed by atoms with van der Waals surface area (Å²) in [5.41, 5.74) is 26.1. The maximum absolute atomic E-state index is 2.47. The molecule has 2 aliphatic carbocycles. The van der Waals surface area contributed by atoms with E-state index in [1.54, 1.807) is 0 Å². The number of benzene rings is 12. The molecule has 2 nitrogen and oxygen atoms in total. The second-order valence-electron chi connectivity index (χ2n) is 19.6. The van der Waals surface area contributed by atoms with Crippen molar-refractivity contribution in [2.24, 2.45) is 0 Å². The SMILES string of the molecule is c1ccc(-c2ccc(N(c3ccc(-c4ccccc4)cc3)c3ccc(-c4ccc(N(c5ccc(-c6ccccc6)cc5)c5ccc6c(c5)C5(c7ccccc7-c7ccccc75)c5ccccc5-6)cc4)cc3)cc2)cc1. The standard InChI is InChI=1S/C73H50N2/c1-4-16-51(17-5-1)54-28-38-59(39-29-54)74(60-40-30-55(31-41-60)52-18-6-2-7-19-52)61-42-34-57(35-43-61)58-36-46-63(47-37-58)75(62-44-32-56(33-45-62)53-20-8-3-9-21-53)64-48-49-68-67-24-12-15-27-71(67)73(72(68)50-64)69-25-13-10-22-65(69)66-23-11-14-26-70(66)73/h1-50H. The van der Waals surface area contributed by atoms with Crippen molar-refractivity contribution in [1.29, 1.82) is 0 Å². The summed E-state index contributed by atoms with van der Waals surface area (Å²) in [5.74, 6) is 0. The highest BCUT2D eigenvalue weighted by Crippen LogP contribution is 2.63. The molecular formula is C73H50N2. The minimum absolute atomic E-state index is 0.444. The molecule has 0 atom stereocenters. The molecule has 0 unspecified atom stereocenters. The average molecular weight is 955 g/mol. The van der Waals surface area contributed by atoms with E-state index in [0.29, 0.717) is 0 Å². The monoisotopic (exact) mass is 954 g/mol. The van der Waals surface area contributed by atoms with Crippen LogP contribution in [0.25, 0.3) is 66.8 Å². The van der Waals surface area contributed by atoms with Gasteiger partial charge in [-0.25, -0.2) is 0 Å². The summed E-state index contributed by atoms with van der Waals surface area (Å²) >= 11 is 0. The lowest BCUT2D eigenvalue weighted by Crippen LogP contribution is -2.26. The third-order valence-corrected chi connectivity index (χ3v) is 15.5. The number of hydrogen-bond acceptors (Lipinski definition) is 2. The molecular weight excluding hydrogens is 905 g/mol. The molecule has 75 heavy (non-hydrogen) atoms. The van der Waals surface area contributed by atoms with Gasteiger partial charge in [0, 0.05) is 34.1 Å². The second-order valence-corrected chi connectivity index (χ2v) is 19.6. The number of fused-ring (bicyclic) bond motifs is 10. The summed E-state index contributed by atoms with van der Waals surface area (Å²) in [6.07, 6.45) is 0. The lowest BCUT2D eigenvalue weighted by molar-refractivity contribution is 0.793. The summed E-state index contributed by atoms with van der Waals surface area (Å²) in [6, 6.07) is 111. The Labute approximate surface area is 439 Å². The van der Waals surface area contributed by atoms with E-state index in [9.17, 15) is 0 Å². The maximum Gasteiger partial charge on any atom is 0.0726 e.